The van der Waals surface area contributed by atoms with Crippen LogP contribution in [-0.2, 0) is 4.79 Å². The maximum absolute atomic E-state index is 12.7. The second kappa shape index (κ2) is 9.06. The first kappa shape index (κ1) is 21.5. The minimum Gasteiger partial charge on any atom is -0.478 e. The molecule has 2 aromatic carbocycles. The second-order valence-corrected chi connectivity index (χ2v) is 8.49. The lowest BCUT2D eigenvalue weighted by Crippen LogP contribution is -2.53. The van der Waals surface area contributed by atoms with Crippen molar-refractivity contribution in [2.45, 2.75) is 38.3 Å². The molecule has 1 heterocycles. The summed E-state index contributed by atoms with van der Waals surface area (Å²) < 4.78 is 5.84. The summed E-state index contributed by atoms with van der Waals surface area (Å²) in [6, 6.07) is 13.8. The Kier molecular flexibility index (Phi) is 6.70. The number of hydrogen-bond acceptors (Lipinski definition) is 3. The van der Waals surface area contributed by atoms with E-state index in [-0.39, 0.29) is 17.9 Å². The average Bonchev–Trinajstić information content (AvgIpc) is 2.70. The summed E-state index contributed by atoms with van der Waals surface area (Å²) in [6.45, 7) is 4.64. The first-order valence-electron chi connectivity index (χ1n) is 9.55. The van der Waals surface area contributed by atoms with Crippen molar-refractivity contribution in [2.24, 2.45) is 0 Å². The van der Waals surface area contributed by atoms with E-state index >= 15 is 0 Å². The van der Waals surface area contributed by atoms with Crippen LogP contribution < -0.4 is 10.1 Å². The smallest absolute Gasteiger partial charge is 0.263 e. The Morgan fingerprint density at radius 3 is 2.03 bits per heavy atom. The minimum atomic E-state index is -1.02. The summed E-state index contributed by atoms with van der Waals surface area (Å²) in [5.41, 5.74) is -0.404. The molecule has 0 bridgehead atoms. The molecule has 1 saturated heterocycles. The molecule has 1 fully saturated rings. The van der Waals surface area contributed by atoms with Crippen molar-refractivity contribution >= 4 is 35.0 Å². The lowest BCUT2D eigenvalue weighted by atomic mass is 10.0. The summed E-state index contributed by atoms with van der Waals surface area (Å²) in [6.07, 6.45) is 1.39. The number of hydrogen-bond donors (Lipinski definition) is 1. The molecule has 2 amide bonds. The second-order valence-electron chi connectivity index (χ2n) is 7.61. The van der Waals surface area contributed by atoms with Gasteiger partial charge in [-0.05, 0) is 75.2 Å². The molecule has 0 spiro atoms. The Bertz CT molecular complexity index is 859. The van der Waals surface area contributed by atoms with Gasteiger partial charge >= 0.3 is 0 Å². The van der Waals surface area contributed by atoms with Crippen molar-refractivity contribution in [3.05, 3.63) is 64.1 Å². The van der Waals surface area contributed by atoms with Crippen LogP contribution in [0.3, 0.4) is 0 Å². The van der Waals surface area contributed by atoms with E-state index in [0.717, 1.165) is 0 Å². The molecule has 0 atom stereocenters. The van der Waals surface area contributed by atoms with Gasteiger partial charge < -0.3 is 15.0 Å². The van der Waals surface area contributed by atoms with Gasteiger partial charge in [0.15, 0.2) is 5.60 Å². The van der Waals surface area contributed by atoms with Gasteiger partial charge in [0.25, 0.3) is 11.8 Å². The van der Waals surface area contributed by atoms with Gasteiger partial charge in [-0.3, -0.25) is 9.59 Å². The van der Waals surface area contributed by atoms with Crippen molar-refractivity contribution in [3.63, 3.8) is 0 Å². The molecule has 0 saturated carbocycles. The van der Waals surface area contributed by atoms with E-state index in [4.69, 9.17) is 27.9 Å². The number of halogens is 2. The molecule has 1 aliphatic rings. The van der Waals surface area contributed by atoms with Crippen LogP contribution >= 0.6 is 23.2 Å². The highest BCUT2D eigenvalue weighted by molar-refractivity contribution is 6.30. The highest BCUT2D eigenvalue weighted by Gasteiger charge is 2.33. The van der Waals surface area contributed by atoms with Crippen molar-refractivity contribution < 1.29 is 14.3 Å². The zero-order chi connectivity index (χ0) is 21.0. The van der Waals surface area contributed by atoms with Crippen molar-refractivity contribution in [2.75, 3.05) is 13.1 Å². The quantitative estimate of drug-likeness (QED) is 0.749. The molecule has 0 unspecified atom stereocenters. The van der Waals surface area contributed by atoms with E-state index in [0.29, 0.717) is 47.3 Å². The van der Waals surface area contributed by atoms with Crippen molar-refractivity contribution in [1.29, 1.82) is 0 Å². The SMILES string of the molecule is CC(C)(Oc1ccc(Cl)cc1)C(=O)NC1CCN(C(=O)c2ccc(Cl)cc2)CC1. The van der Waals surface area contributed by atoms with E-state index in [1.54, 1.807) is 67.3 Å². The predicted molar refractivity (Wildman–Crippen MR) is 115 cm³/mol. The number of rotatable bonds is 5. The Labute approximate surface area is 180 Å². The topological polar surface area (TPSA) is 58.6 Å². The van der Waals surface area contributed by atoms with Gasteiger partial charge in [0.1, 0.15) is 5.75 Å². The predicted octanol–water partition coefficient (Wildman–Crippen LogP) is 4.57. The van der Waals surface area contributed by atoms with Gasteiger partial charge in [0.2, 0.25) is 0 Å². The Balaban J connectivity index is 1.51. The van der Waals surface area contributed by atoms with Crippen LogP contribution in [0.25, 0.3) is 0 Å². The fourth-order valence-electron chi connectivity index (χ4n) is 3.20. The summed E-state index contributed by atoms with van der Waals surface area (Å²) in [5.74, 6) is 0.380. The maximum atomic E-state index is 12.7. The summed E-state index contributed by atoms with van der Waals surface area (Å²) in [7, 11) is 0. The van der Waals surface area contributed by atoms with Gasteiger partial charge in [-0.2, -0.15) is 0 Å². The number of likely N-dealkylation sites (tertiary alicyclic amines) is 1. The fourth-order valence-corrected chi connectivity index (χ4v) is 3.46. The molecule has 3 rings (SSSR count). The van der Waals surface area contributed by atoms with Gasteiger partial charge in [0.05, 0.1) is 0 Å². The Hall–Kier alpha value is -2.24. The Morgan fingerprint density at radius 1 is 0.966 bits per heavy atom. The third-order valence-electron chi connectivity index (χ3n) is 4.94. The van der Waals surface area contributed by atoms with Crippen molar-refractivity contribution in [3.8, 4) is 5.75 Å². The number of carbonyl (C=O) groups is 2. The van der Waals surface area contributed by atoms with Gasteiger partial charge in [-0.25, -0.2) is 0 Å². The lowest BCUT2D eigenvalue weighted by molar-refractivity contribution is -0.135. The fraction of sp³-hybridized carbons (Fsp3) is 0.364. The molecule has 1 aliphatic heterocycles. The molecule has 0 radical (unpaired) electrons. The van der Waals surface area contributed by atoms with E-state index in [9.17, 15) is 9.59 Å². The number of carbonyl (C=O) groups excluding carboxylic acids is 2. The molecule has 1 N–H and O–H groups in total. The number of benzene rings is 2. The maximum Gasteiger partial charge on any atom is 0.263 e. The van der Waals surface area contributed by atoms with E-state index in [2.05, 4.69) is 5.32 Å². The molecule has 5 nitrogen and oxygen atoms in total. The molecular weight excluding hydrogens is 411 g/mol. The molecule has 2 aromatic rings. The van der Waals surface area contributed by atoms with Gasteiger partial charge in [-0.1, -0.05) is 23.2 Å². The zero-order valence-corrected chi connectivity index (χ0v) is 18.0. The molecular formula is C22H24Cl2N2O3. The normalized spacial score (nSPS) is 15.1. The molecule has 0 aromatic heterocycles. The van der Waals surface area contributed by atoms with Crippen LogP contribution in [0.15, 0.2) is 48.5 Å². The van der Waals surface area contributed by atoms with E-state index in [1.165, 1.54) is 0 Å². The van der Waals surface area contributed by atoms with Crippen LogP contribution in [0.4, 0.5) is 0 Å². The number of piperidine rings is 1. The Morgan fingerprint density at radius 2 is 1.48 bits per heavy atom. The average molecular weight is 435 g/mol. The highest BCUT2D eigenvalue weighted by Crippen LogP contribution is 2.22. The van der Waals surface area contributed by atoms with Gasteiger partial charge in [0, 0.05) is 34.7 Å². The van der Waals surface area contributed by atoms with E-state index in [1.807, 2.05) is 0 Å². The summed E-state index contributed by atoms with van der Waals surface area (Å²) >= 11 is 11.8. The number of amides is 2. The highest BCUT2D eigenvalue weighted by atomic mass is 35.5. The largest absolute Gasteiger partial charge is 0.478 e. The molecule has 7 heteroatoms. The zero-order valence-electron chi connectivity index (χ0n) is 16.5. The minimum absolute atomic E-state index is 0.00450. The van der Waals surface area contributed by atoms with Crippen LogP contribution in [-0.4, -0.2) is 41.4 Å². The standard InChI is InChI=1S/C22H24Cl2N2O3/c1-22(2,29-19-9-7-17(24)8-10-19)21(28)25-18-11-13-26(14-12-18)20(27)15-3-5-16(23)6-4-15/h3-10,18H,11-14H2,1-2H3,(H,25,28). The van der Waals surface area contributed by atoms with E-state index < -0.39 is 5.60 Å². The first-order chi connectivity index (χ1) is 13.7. The number of ether oxygens (including phenoxy) is 1. The van der Waals surface area contributed by atoms with Gasteiger partial charge in [-0.15, -0.1) is 0 Å². The lowest BCUT2D eigenvalue weighted by Gasteiger charge is -2.34. The van der Waals surface area contributed by atoms with Crippen LogP contribution in [0.5, 0.6) is 5.75 Å². The van der Waals surface area contributed by atoms with Crippen LogP contribution in [0.2, 0.25) is 10.0 Å². The number of nitrogens with one attached hydrogen (secondary N) is 1. The molecule has 29 heavy (non-hydrogen) atoms. The monoisotopic (exact) mass is 434 g/mol. The summed E-state index contributed by atoms with van der Waals surface area (Å²) in [4.78, 5) is 27.1. The first-order valence-corrected chi connectivity index (χ1v) is 10.3. The third kappa shape index (κ3) is 5.64. The van der Waals surface area contributed by atoms with Crippen molar-refractivity contribution in [1.82, 2.24) is 10.2 Å². The third-order valence-corrected chi connectivity index (χ3v) is 5.45. The molecule has 0 aliphatic carbocycles. The van der Waals surface area contributed by atoms with Crippen LogP contribution in [0, 0.1) is 0 Å². The number of nitrogens with zero attached hydrogens (tertiary/aromatic N) is 1. The summed E-state index contributed by atoms with van der Waals surface area (Å²) in [5, 5.41) is 4.27. The molecule has 154 valence electrons. The van der Waals surface area contributed by atoms with Crippen LogP contribution in [0.1, 0.15) is 37.0 Å².